The number of amides is 1. The van der Waals surface area contributed by atoms with Crippen LogP contribution >= 0.6 is 0 Å². The van der Waals surface area contributed by atoms with Crippen LogP contribution in [0.3, 0.4) is 0 Å². The van der Waals surface area contributed by atoms with Gasteiger partial charge in [-0.25, -0.2) is 4.39 Å². The summed E-state index contributed by atoms with van der Waals surface area (Å²) in [6.45, 7) is 6.38. The fraction of sp³-hybridized carbons (Fsp3) is 0.471. The van der Waals surface area contributed by atoms with Crippen molar-refractivity contribution < 1.29 is 13.9 Å². The average molecular weight is 561 g/mol. The summed E-state index contributed by atoms with van der Waals surface area (Å²) in [5.74, 6) is 0.848. The molecule has 2 unspecified atom stereocenters. The van der Waals surface area contributed by atoms with Crippen LogP contribution in [0.1, 0.15) is 65.2 Å². The highest BCUT2D eigenvalue weighted by atomic mass is 19.1. The number of ether oxygens (including phenoxy) is 1. The first-order chi connectivity index (χ1) is 19.9. The molecule has 2 atom stereocenters. The Kier molecular flexibility index (Phi) is 11.6. The third kappa shape index (κ3) is 9.56. The van der Waals surface area contributed by atoms with E-state index in [1.807, 2.05) is 31.4 Å². The fourth-order valence-electron chi connectivity index (χ4n) is 5.31. The van der Waals surface area contributed by atoms with Crippen LogP contribution in [0.25, 0.3) is 0 Å². The van der Waals surface area contributed by atoms with E-state index in [1.54, 1.807) is 6.08 Å². The Hall–Kier alpha value is -3.45. The van der Waals surface area contributed by atoms with Gasteiger partial charge in [0.15, 0.2) is 0 Å². The second kappa shape index (κ2) is 15.5. The maximum absolute atomic E-state index is 14.2. The van der Waals surface area contributed by atoms with Gasteiger partial charge in [-0.1, -0.05) is 49.0 Å². The molecule has 0 spiro atoms. The molecule has 2 aliphatic carbocycles. The lowest BCUT2D eigenvalue weighted by molar-refractivity contribution is -0.118. The molecule has 41 heavy (non-hydrogen) atoms. The monoisotopic (exact) mass is 560 g/mol. The van der Waals surface area contributed by atoms with Crippen molar-refractivity contribution in [2.24, 2.45) is 5.10 Å². The Morgan fingerprint density at radius 1 is 1.20 bits per heavy atom. The summed E-state index contributed by atoms with van der Waals surface area (Å²) in [7, 11) is 2.04. The van der Waals surface area contributed by atoms with E-state index in [0.29, 0.717) is 25.8 Å². The Morgan fingerprint density at radius 2 is 2.07 bits per heavy atom. The molecular formula is C34H45FN4O2. The molecule has 220 valence electrons. The molecule has 2 heterocycles. The summed E-state index contributed by atoms with van der Waals surface area (Å²) >= 11 is 0. The lowest BCUT2D eigenvalue weighted by atomic mass is 10.0. The summed E-state index contributed by atoms with van der Waals surface area (Å²) in [5.41, 5.74) is 8.06. The lowest BCUT2D eigenvalue weighted by Gasteiger charge is -2.19. The van der Waals surface area contributed by atoms with Gasteiger partial charge in [-0.15, -0.1) is 0 Å². The number of carbonyl (C=O) groups is 1. The number of likely N-dealkylation sites (N-methyl/N-ethyl adjacent to an activating group) is 1. The van der Waals surface area contributed by atoms with Crippen molar-refractivity contribution in [1.82, 2.24) is 15.6 Å². The molecular weight excluding hydrogens is 515 g/mol. The van der Waals surface area contributed by atoms with E-state index in [-0.39, 0.29) is 23.8 Å². The van der Waals surface area contributed by atoms with Gasteiger partial charge >= 0.3 is 0 Å². The van der Waals surface area contributed by atoms with Gasteiger partial charge in [0.25, 0.3) is 0 Å². The molecule has 0 saturated carbocycles. The predicted octanol–water partition coefficient (Wildman–Crippen LogP) is 6.50. The van der Waals surface area contributed by atoms with Gasteiger partial charge < -0.3 is 20.4 Å². The van der Waals surface area contributed by atoms with Gasteiger partial charge in [0.05, 0.1) is 18.4 Å². The van der Waals surface area contributed by atoms with Gasteiger partial charge in [-0.3, -0.25) is 4.79 Å². The van der Waals surface area contributed by atoms with Crippen molar-refractivity contribution in [3.8, 4) is 0 Å². The van der Waals surface area contributed by atoms with Gasteiger partial charge in [-0.05, 0) is 94.5 Å². The van der Waals surface area contributed by atoms with Crippen molar-refractivity contribution in [3.05, 3.63) is 94.6 Å². The lowest BCUT2D eigenvalue weighted by Crippen LogP contribution is -2.34. The highest BCUT2D eigenvalue weighted by molar-refractivity contribution is 6.04. The standard InChI is InChI=1S/C34H45FN4O2/c1-25(11-7-8-21-39(3)24-30-13-5-4-6-16-31(30)35)36-34(40)27-14-9-12-26(2)37-38-32(19-18-27)28-15-10-17-33-29(23-28)20-22-41-33/h4-6,9,12,15-18,23,25-26,37H,7-8,10-11,13-14,19-22,24H2,1-3H3,(H,36,40)/b12-9-,27-18+,38-32+. The zero-order valence-electron chi connectivity index (χ0n) is 24.8. The van der Waals surface area contributed by atoms with Gasteiger partial charge in [0.1, 0.15) is 11.6 Å². The van der Waals surface area contributed by atoms with Crippen molar-refractivity contribution in [1.29, 1.82) is 0 Å². The summed E-state index contributed by atoms with van der Waals surface area (Å²) < 4.78 is 19.9. The molecule has 4 rings (SSSR count). The molecule has 0 aromatic carbocycles. The third-order valence-electron chi connectivity index (χ3n) is 7.71. The topological polar surface area (TPSA) is 66.0 Å². The number of rotatable bonds is 10. The van der Waals surface area contributed by atoms with Gasteiger partial charge in [0.2, 0.25) is 5.91 Å². The second-order valence-corrected chi connectivity index (χ2v) is 11.3. The molecule has 0 radical (unpaired) electrons. The molecule has 0 aromatic rings. The second-order valence-electron chi connectivity index (χ2n) is 11.3. The van der Waals surface area contributed by atoms with Crippen LogP contribution in [-0.4, -0.2) is 55.3 Å². The number of nitrogens with zero attached hydrogens (tertiary/aromatic N) is 2. The molecule has 1 amide bonds. The Bertz CT molecular complexity index is 1230. The smallest absolute Gasteiger partial charge is 0.247 e. The van der Waals surface area contributed by atoms with E-state index in [0.717, 1.165) is 73.4 Å². The summed E-state index contributed by atoms with van der Waals surface area (Å²) in [6.07, 6.45) is 26.2. The van der Waals surface area contributed by atoms with Crippen LogP contribution in [0.4, 0.5) is 4.39 Å². The van der Waals surface area contributed by atoms with Crippen LogP contribution in [0, 0.1) is 0 Å². The number of allylic oxidation sites excluding steroid dienone is 12. The van der Waals surface area contributed by atoms with Crippen molar-refractivity contribution in [2.75, 3.05) is 26.7 Å². The van der Waals surface area contributed by atoms with Crippen LogP contribution in [-0.2, 0) is 9.53 Å². The fourth-order valence-corrected chi connectivity index (χ4v) is 5.31. The molecule has 4 aliphatic rings. The quantitative estimate of drug-likeness (QED) is 0.236. The molecule has 2 N–H and O–H groups in total. The van der Waals surface area contributed by atoms with Crippen molar-refractivity contribution >= 4 is 11.6 Å². The normalized spacial score (nSPS) is 25.1. The van der Waals surface area contributed by atoms with E-state index in [1.165, 1.54) is 11.6 Å². The van der Waals surface area contributed by atoms with E-state index in [9.17, 15) is 9.18 Å². The Balaban J connectivity index is 1.28. The number of nitrogens with one attached hydrogen (secondary N) is 2. The number of hydrazone groups is 1. The van der Waals surface area contributed by atoms with Crippen molar-refractivity contribution in [2.45, 2.75) is 77.3 Å². The van der Waals surface area contributed by atoms with E-state index >= 15 is 0 Å². The maximum Gasteiger partial charge on any atom is 0.247 e. The zero-order chi connectivity index (χ0) is 29.0. The first-order valence-electron chi connectivity index (χ1n) is 15.0. The molecule has 0 bridgehead atoms. The van der Waals surface area contributed by atoms with Crippen molar-refractivity contribution in [3.63, 3.8) is 0 Å². The van der Waals surface area contributed by atoms with E-state index < -0.39 is 0 Å². The molecule has 2 aliphatic heterocycles. The molecule has 1 fully saturated rings. The number of fused-ring (bicyclic) bond motifs is 1. The molecule has 6 nitrogen and oxygen atoms in total. The number of unbranched alkanes of at least 4 members (excludes halogenated alkanes) is 1. The number of carbonyl (C=O) groups excluding carboxylic acids is 1. The van der Waals surface area contributed by atoms with Crippen LogP contribution in [0.15, 0.2) is 99.7 Å². The van der Waals surface area contributed by atoms with Crippen LogP contribution < -0.4 is 10.7 Å². The average Bonchev–Trinajstić information content (AvgIpc) is 3.16. The third-order valence-corrected chi connectivity index (χ3v) is 7.71. The Morgan fingerprint density at radius 3 is 2.95 bits per heavy atom. The highest BCUT2D eigenvalue weighted by Gasteiger charge is 2.19. The maximum atomic E-state index is 14.2. The minimum absolute atomic E-state index is 0.0157. The first kappa shape index (κ1) is 30.5. The predicted molar refractivity (Wildman–Crippen MR) is 166 cm³/mol. The molecule has 1 saturated heterocycles. The van der Waals surface area contributed by atoms with Gasteiger partial charge in [0, 0.05) is 31.0 Å². The number of hydrogen-bond donors (Lipinski definition) is 2. The highest BCUT2D eigenvalue weighted by Crippen LogP contribution is 2.29. The van der Waals surface area contributed by atoms with Crippen LogP contribution in [0.5, 0.6) is 0 Å². The number of hydrogen-bond acceptors (Lipinski definition) is 5. The Labute approximate surface area is 244 Å². The summed E-state index contributed by atoms with van der Waals surface area (Å²) in [5, 5.41) is 7.95. The SMILES string of the molecule is CC1/C=C\C/C(C(=O)NC(C)CCCCN(C)CC2=C(F)C=CC=CC2)=C\C/C(C2=CCC=C3OCCC3=C2)=N\N1. The zero-order valence-corrected chi connectivity index (χ0v) is 24.8. The summed E-state index contributed by atoms with van der Waals surface area (Å²) in [6, 6.07) is 0.135. The number of halogens is 1. The first-order valence-corrected chi connectivity index (χ1v) is 15.0. The summed E-state index contributed by atoms with van der Waals surface area (Å²) in [4.78, 5) is 15.5. The molecule has 7 heteroatoms. The van der Waals surface area contributed by atoms with E-state index in [4.69, 9.17) is 9.84 Å². The largest absolute Gasteiger partial charge is 0.493 e. The van der Waals surface area contributed by atoms with E-state index in [2.05, 4.69) is 53.8 Å². The van der Waals surface area contributed by atoms with Crippen LogP contribution in [0.2, 0.25) is 0 Å². The van der Waals surface area contributed by atoms with Gasteiger partial charge in [-0.2, -0.15) is 5.10 Å². The minimum Gasteiger partial charge on any atom is -0.493 e. The minimum atomic E-state index is -0.121. The molecule has 0 aromatic heterocycles.